The van der Waals surface area contributed by atoms with Crippen molar-refractivity contribution < 1.29 is 18.7 Å². The molecule has 0 unspecified atom stereocenters. The van der Waals surface area contributed by atoms with Gasteiger partial charge in [-0.15, -0.1) is 0 Å². The number of carbonyl (C=O) groups excluding carboxylic acids is 1. The normalized spacial score (nSPS) is 11.4. The van der Waals surface area contributed by atoms with Crippen molar-refractivity contribution in [1.82, 2.24) is 0 Å². The third-order valence-electron chi connectivity index (χ3n) is 5.54. The Kier molecular flexibility index (Phi) is 6.37. The maximum Gasteiger partial charge on any atom is 0.348 e. The summed E-state index contributed by atoms with van der Waals surface area (Å²) in [5.41, 5.74) is 4.64. The van der Waals surface area contributed by atoms with Crippen LogP contribution in [0.3, 0.4) is 0 Å². The molecule has 156 valence electrons. The molecular weight excluding hydrogens is 379 g/mol. The van der Waals surface area contributed by atoms with Gasteiger partial charge in [-0.3, -0.25) is 0 Å². The van der Waals surface area contributed by atoms with E-state index in [1.807, 2.05) is 64.1 Å². The predicted molar refractivity (Wildman–Crippen MR) is 116 cm³/mol. The number of ether oxygens (including phenoxy) is 2. The Balaban J connectivity index is 2.16. The molecule has 0 heterocycles. The van der Waals surface area contributed by atoms with Crippen LogP contribution < -0.4 is 0 Å². The zero-order chi connectivity index (χ0) is 21.9. The van der Waals surface area contributed by atoms with Gasteiger partial charge in [0.25, 0.3) is 0 Å². The average molecular weight is 406 g/mol. The van der Waals surface area contributed by atoms with E-state index in [0.29, 0.717) is 5.56 Å². The highest BCUT2D eigenvalue weighted by atomic mass is 19.1. The first kappa shape index (κ1) is 21.7. The van der Waals surface area contributed by atoms with E-state index in [4.69, 9.17) is 9.47 Å². The molecule has 0 aliphatic heterocycles. The highest BCUT2D eigenvalue weighted by Crippen LogP contribution is 2.41. The second kappa shape index (κ2) is 8.80. The molecule has 0 amide bonds. The Labute approximate surface area is 177 Å². The second-order valence-electron chi connectivity index (χ2n) is 7.62. The molecule has 0 radical (unpaired) electrons. The smallest absolute Gasteiger partial charge is 0.348 e. The van der Waals surface area contributed by atoms with E-state index >= 15 is 0 Å². The number of methoxy groups -OCH3 is 1. The number of esters is 1. The van der Waals surface area contributed by atoms with Gasteiger partial charge in [0.2, 0.25) is 5.60 Å². The summed E-state index contributed by atoms with van der Waals surface area (Å²) in [6, 6.07) is 17.7. The zero-order valence-corrected chi connectivity index (χ0v) is 18.1. The topological polar surface area (TPSA) is 35.5 Å². The van der Waals surface area contributed by atoms with Gasteiger partial charge in [0, 0.05) is 18.2 Å². The number of halogens is 1. The van der Waals surface area contributed by atoms with Crippen LogP contribution in [0.25, 0.3) is 0 Å². The van der Waals surface area contributed by atoms with Crippen molar-refractivity contribution in [2.45, 2.75) is 39.9 Å². The van der Waals surface area contributed by atoms with Gasteiger partial charge < -0.3 is 9.47 Å². The summed E-state index contributed by atoms with van der Waals surface area (Å²) in [7, 11) is 1.54. The maximum atomic E-state index is 13.7. The number of aryl methyl sites for hydroxylation is 4. The summed E-state index contributed by atoms with van der Waals surface area (Å²) in [6.45, 7) is 7.90. The number of hydrogen-bond donors (Lipinski definition) is 0. The van der Waals surface area contributed by atoms with E-state index in [0.717, 1.165) is 33.4 Å². The molecule has 3 aromatic rings. The second-order valence-corrected chi connectivity index (χ2v) is 7.62. The Bertz CT molecular complexity index is 962. The lowest BCUT2D eigenvalue weighted by Crippen LogP contribution is -2.43. The number of hydrogen-bond acceptors (Lipinski definition) is 3. The van der Waals surface area contributed by atoms with Crippen molar-refractivity contribution in [2.75, 3.05) is 7.11 Å². The third-order valence-corrected chi connectivity index (χ3v) is 5.54. The lowest BCUT2D eigenvalue weighted by atomic mass is 9.77. The summed E-state index contributed by atoms with van der Waals surface area (Å²) in [5, 5.41) is 0. The Hall–Kier alpha value is -2.98. The minimum Gasteiger partial charge on any atom is -0.458 e. The molecule has 3 nitrogen and oxygen atoms in total. The van der Waals surface area contributed by atoms with Gasteiger partial charge >= 0.3 is 5.97 Å². The predicted octanol–water partition coefficient (Wildman–Crippen LogP) is 5.69. The summed E-state index contributed by atoms with van der Waals surface area (Å²) in [6.07, 6.45) is 0. The molecule has 0 atom stereocenters. The first-order valence-corrected chi connectivity index (χ1v) is 9.91. The van der Waals surface area contributed by atoms with E-state index in [-0.39, 0.29) is 12.4 Å². The van der Waals surface area contributed by atoms with Crippen molar-refractivity contribution in [1.29, 1.82) is 0 Å². The fraction of sp³-hybridized carbons (Fsp3) is 0.269. The van der Waals surface area contributed by atoms with Crippen molar-refractivity contribution in [3.63, 3.8) is 0 Å². The molecule has 3 rings (SSSR count). The zero-order valence-electron chi connectivity index (χ0n) is 18.1. The molecule has 0 bridgehead atoms. The first-order chi connectivity index (χ1) is 14.3. The molecule has 0 spiro atoms. The molecule has 30 heavy (non-hydrogen) atoms. The van der Waals surface area contributed by atoms with E-state index in [1.165, 1.54) is 19.2 Å². The van der Waals surface area contributed by atoms with Gasteiger partial charge in [-0.25, -0.2) is 9.18 Å². The number of rotatable bonds is 6. The number of benzene rings is 3. The molecule has 0 saturated carbocycles. The standard InChI is InChI=1S/C26H27FO3/c1-17-8-6-9-18(2)23(17)26(29-5,24-19(3)10-7-11-20(24)4)25(28)30-16-21-12-14-22(27)15-13-21/h6-15H,16H2,1-5H3. The number of carbonyl (C=O) groups is 1. The molecular formula is C26H27FO3. The first-order valence-electron chi connectivity index (χ1n) is 9.91. The van der Waals surface area contributed by atoms with Crippen molar-refractivity contribution >= 4 is 5.97 Å². The summed E-state index contributed by atoms with van der Waals surface area (Å²) in [4.78, 5) is 13.7. The molecule has 0 fully saturated rings. The van der Waals surface area contributed by atoms with Gasteiger partial charge in [0.05, 0.1) is 0 Å². The summed E-state index contributed by atoms with van der Waals surface area (Å²) >= 11 is 0. The lowest BCUT2D eigenvalue weighted by Gasteiger charge is -2.35. The van der Waals surface area contributed by atoms with Crippen LogP contribution in [0.15, 0.2) is 60.7 Å². The van der Waals surface area contributed by atoms with Crippen LogP contribution in [0, 0.1) is 33.5 Å². The fourth-order valence-electron chi connectivity index (χ4n) is 4.19. The Morgan fingerprint density at radius 1 is 0.800 bits per heavy atom. The quantitative estimate of drug-likeness (QED) is 0.493. The van der Waals surface area contributed by atoms with Crippen LogP contribution in [-0.2, 0) is 26.5 Å². The summed E-state index contributed by atoms with van der Waals surface area (Å²) < 4.78 is 25.1. The lowest BCUT2D eigenvalue weighted by molar-refractivity contribution is -0.167. The van der Waals surface area contributed by atoms with E-state index in [9.17, 15) is 9.18 Å². The Morgan fingerprint density at radius 3 is 1.63 bits per heavy atom. The van der Waals surface area contributed by atoms with Crippen LogP contribution in [0.4, 0.5) is 4.39 Å². The largest absolute Gasteiger partial charge is 0.458 e. The highest BCUT2D eigenvalue weighted by molar-refractivity contribution is 5.88. The van der Waals surface area contributed by atoms with Crippen LogP contribution in [0.2, 0.25) is 0 Å². The van der Waals surface area contributed by atoms with Crippen LogP contribution in [0.1, 0.15) is 38.9 Å². The molecule has 0 N–H and O–H groups in total. The molecule has 0 aliphatic carbocycles. The molecule has 0 aromatic heterocycles. The molecule has 0 aliphatic rings. The monoisotopic (exact) mass is 406 g/mol. The molecule has 3 aromatic carbocycles. The van der Waals surface area contributed by atoms with E-state index in [1.54, 1.807) is 12.1 Å². The SMILES string of the molecule is COC(C(=O)OCc1ccc(F)cc1)(c1c(C)cccc1C)c1c(C)cccc1C. The minimum absolute atomic E-state index is 0.0279. The maximum absolute atomic E-state index is 13.7. The van der Waals surface area contributed by atoms with Gasteiger partial charge in [0.15, 0.2) is 0 Å². The van der Waals surface area contributed by atoms with Gasteiger partial charge in [-0.05, 0) is 67.6 Å². The van der Waals surface area contributed by atoms with E-state index in [2.05, 4.69) is 0 Å². The van der Waals surface area contributed by atoms with Crippen LogP contribution >= 0.6 is 0 Å². The van der Waals surface area contributed by atoms with Crippen molar-refractivity contribution in [3.05, 3.63) is 105 Å². The van der Waals surface area contributed by atoms with Crippen molar-refractivity contribution in [3.8, 4) is 0 Å². The summed E-state index contributed by atoms with van der Waals surface area (Å²) in [5.74, 6) is -0.827. The van der Waals surface area contributed by atoms with Crippen LogP contribution in [-0.4, -0.2) is 13.1 Å². The Morgan fingerprint density at radius 2 is 1.23 bits per heavy atom. The minimum atomic E-state index is -1.41. The van der Waals surface area contributed by atoms with E-state index < -0.39 is 11.6 Å². The van der Waals surface area contributed by atoms with Gasteiger partial charge in [0.1, 0.15) is 12.4 Å². The highest BCUT2D eigenvalue weighted by Gasteiger charge is 2.48. The average Bonchev–Trinajstić information content (AvgIpc) is 2.71. The van der Waals surface area contributed by atoms with Gasteiger partial charge in [-0.2, -0.15) is 0 Å². The fourth-order valence-corrected chi connectivity index (χ4v) is 4.19. The van der Waals surface area contributed by atoms with Gasteiger partial charge in [-0.1, -0.05) is 48.5 Å². The third kappa shape index (κ3) is 3.88. The van der Waals surface area contributed by atoms with Crippen LogP contribution in [0.5, 0.6) is 0 Å². The molecule has 0 saturated heterocycles. The van der Waals surface area contributed by atoms with Crippen molar-refractivity contribution in [2.24, 2.45) is 0 Å². The molecule has 4 heteroatoms.